The third-order valence-electron chi connectivity index (χ3n) is 6.33. The third kappa shape index (κ3) is 4.86. The molecule has 1 heterocycles. The van der Waals surface area contributed by atoms with Gasteiger partial charge in [-0.05, 0) is 53.6 Å². The summed E-state index contributed by atoms with van der Waals surface area (Å²) >= 11 is 6.29. The van der Waals surface area contributed by atoms with Crippen LogP contribution in [0.5, 0.6) is 11.5 Å². The standard InChI is InChI=1S/C31H24ClNO5/c1-37-26-16-15-22(18-25(26)32)29(34)27-28(33(31(36)30(27)35)23-12-6-3-7-13-23)21-11-8-14-24(17-21)38-19-20-9-4-2-5-10-20/h2-18,28,34H,19H2,1H3/b29-27+. The van der Waals surface area contributed by atoms with Gasteiger partial charge in [-0.15, -0.1) is 0 Å². The zero-order chi connectivity index (χ0) is 26.6. The maximum absolute atomic E-state index is 13.4. The maximum Gasteiger partial charge on any atom is 0.300 e. The number of amides is 1. The number of hydrogen-bond donors (Lipinski definition) is 1. The fraction of sp³-hybridized carbons (Fsp3) is 0.0968. The normalized spacial score (nSPS) is 16.5. The first kappa shape index (κ1) is 25.1. The molecular formula is C31H24ClNO5. The van der Waals surface area contributed by atoms with Gasteiger partial charge in [-0.3, -0.25) is 14.5 Å². The van der Waals surface area contributed by atoms with E-state index >= 15 is 0 Å². The summed E-state index contributed by atoms with van der Waals surface area (Å²) in [4.78, 5) is 28.1. The lowest BCUT2D eigenvalue weighted by atomic mass is 9.95. The number of anilines is 1. The molecule has 1 aliphatic heterocycles. The molecule has 0 saturated carbocycles. The van der Waals surface area contributed by atoms with Gasteiger partial charge >= 0.3 is 0 Å². The Morgan fingerprint density at radius 1 is 0.895 bits per heavy atom. The first-order valence-corrected chi connectivity index (χ1v) is 12.3. The number of ketones is 1. The van der Waals surface area contributed by atoms with Crippen molar-refractivity contribution < 1.29 is 24.2 Å². The number of methoxy groups -OCH3 is 1. The second-order valence-corrected chi connectivity index (χ2v) is 9.11. The van der Waals surface area contributed by atoms with Crippen molar-refractivity contribution in [2.24, 2.45) is 0 Å². The van der Waals surface area contributed by atoms with Crippen LogP contribution in [0.2, 0.25) is 5.02 Å². The van der Waals surface area contributed by atoms with Crippen LogP contribution in [-0.2, 0) is 16.2 Å². The zero-order valence-corrected chi connectivity index (χ0v) is 21.3. The van der Waals surface area contributed by atoms with Crippen LogP contribution in [-0.4, -0.2) is 23.9 Å². The van der Waals surface area contributed by atoms with E-state index in [9.17, 15) is 14.7 Å². The number of nitrogens with zero attached hydrogens (tertiary/aromatic N) is 1. The summed E-state index contributed by atoms with van der Waals surface area (Å²) in [5, 5.41) is 11.6. The summed E-state index contributed by atoms with van der Waals surface area (Å²) in [6.07, 6.45) is 0. The monoisotopic (exact) mass is 525 g/mol. The van der Waals surface area contributed by atoms with Gasteiger partial charge in [0.2, 0.25) is 0 Å². The average Bonchev–Trinajstić information content (AvgIpc) is 3.22. The van der Waals surface area contributed by atoms with Crippen molar-refractivity contribution in [1.82, 2.24) is 0 Å². The van der Waals surface area contributed by atoms with Crippen LogP contribution in [0.4, 0.5) is 5.69 Å². The predicted octanol–water partition coefficient (Wildman–Crippen LogP) is 6.55. The number of Topliss-reactive ketones (excluding diaryl/α,β-unsaturated/α-hetero) is 1. The van der Waals surface area contributed by atoms with Gasteiger partial charge in [0.15, 0.2) is 0 Å². The fourth-order valence-electron chi connectivity index (χ4n) is 4.49. The number of rotatable bonds is 7. The Balaban J connectivity index is 1.61. The Hall–Kier alpha value is -4.55. The van der Waals surface area contributed by atoms with E-state index in [4.69, 9.17) is 21.1 Å². The summed E-state index contributed by atoms with van der Waals surface area (Å²) in [5.41, 5.74) is 2.40. The molecule has 7 heteroatoms. The smallest absolute Gasteiger partial charge is 0.300 e. The molecule has 1 fully saturated rings. The first-order chi connectivity index (χ1) is 18.5. The predicted molar refractivity (Wildman–Crippen MR) is 146 cm³/mol. The number of halogens is 1. The van der Waals surface area contributed by atoms with E-state index in [0.717, 1.165) is 5.56 Å². The molecule has 1 atom stereocenters. The van der Waals surface area contributed by atoms with Gasteiger partial charge in [0.1, 0.15) is 23.9 Å². The number of ether oxygens (including phenoxy) is 2. The van der Waals surface area contributed by atoms with Gasteiger partial charge in [-0.1, -0.05) is 72.3 Å². The van der Waals surface area contributed by atoms with E-state index in [2.05, 4.69) is 0 Å². The summed E-state index contributed by atoms with van der Waals surface area (Å²) in [5.74, 6) is -0.867. The lowest BCUT2D eigenvalue weighted by molar-refractivity contribution is -0.132. The molecule has 1 N–H and O–H groups in total. The summed E-state index contributed by atoms with van der Waals surface area (Å²) in [6.45, 7) is 0.355. The molecular weight excluding hydrogens is 502 g/mol. The van der Waals surface area contributed by atoms with Crippen molar-refractivity contribution in [2.75, 3.05) is 12.0 Å². The largest absolute Gasteiger partial charge is 0.507 e. The molecule has 5 rings (SSSR count). The molecule has 0 aliphatic carbocycles. The highest BCUT2D eigenvalue weighted by atomic mass is 35.5. The summed E-state index contributed by atoms with van der Waals surface area (Å²) in [6, 6.07) is 29.6. The topological polar surface area (TPSA) is 76.1 Å². The quantitative estimate of drug-likeness (QED) is 0.168. The first-order valence-electron chi connectivity index (χ1n) is 11.9. The second-order valence-electron chi connectivity index (χ2n) is 8.70. The lowest BCUT2D eigenvalue weighted by Crippen LogP contribution is -2.29. The molecule has 4 aromatic carbocycles. The number of carbonyl (C=O) groups is 2. The van der Waals surface area contributed by atoms with Gasteiger partial charge in [0, 0.05) is 11.3 Å². The van der Waals surface area contributed by atoms with Crippen LogP contribution in [0.15, 0.2) is 109 Å². The highest BCUT2D eigenvalue weighted by molar-refractivity contribution is 6.51. The highest BCUT2D eigenvalue weighted by Crippen LogP contribution is 2.43. The van der Waals surface area contributed by atoms with Crippen molar-refractivity contribution in [3.05, 3.63) is 130 Å². The van der Waals surface area contributed by atoms with E-state index in [0.29, 0.717) is 34.9 Å². The Morgan fingerprint density at radius 3 is 2.29 bits per heavy atom. The van der Waals surface area contributed by atoms with Gasteiger partial charge < -0.3 is 14.6 Å². The minimum atomic E-state index is -0.890. The zero-order valence-electron chi connectivity index (χ0n) is 20.5. The van der Waals surface area contributed by atoms with Crippen LogP contribution >= 0.6 is 11.6 Å². The SMILES string of the molecule is COc1ccc(/C(O)=C2\C(=O)C(=O)N(c3ccccc3)C2c2cccc(OCc3ccccc3)c2)cc1Cl. The molecule has 1 saturated heterocycles. The second kappa shape index (κ2) is 10.8. The molecule has 1 unspecified atom stereocenters. The summed E-state index contributed by atoms with van der Waals surface area (Å²) < 4.78 is 11.2. The molecule has 190 valence electrons. The van der Waals surface area contributed by atoms with Crippen molar-refractivity contribution in [1.29, 1.82) is 0 Å². The molecule has 0 bridgehead atoms. The van der Waals surface area contributed by atoms with E-state index < -0.39 is 17.7 Å². The van der Waals surface area contributed by atoms with Crippen molar-refractivity contribution in [3.63, 3.8) is 0 Å². The van der Waals surface area contributed by atoms with Crippen molar-refractivity contribution in [3.8, 4) is 11.5 Å². The Kier molecular flexibility index (Phi) is 7.15. The van der Waals surface area contributed by atoms with E-state index in [1.165, 1.54) is 18.1 Å². The minimum Gasteiger partial charge on any atom is -0.507 e. The molecule has 0 spiro atoms. The molecule has 4 aromatic rings. The molecule has 0 radical (unpaired) electrons. The Bertz CT molecular complexity index is 1520. The van der Waals surface area contributed by atoms with Crippen LogP contribution in [0.3, 0.4) is 0 Å². The summed E-state index contributed by atoms with van der Waals surface area (Å²) in [7, 11) is 1.49. The van der Waals surface area contributed by atoms with Crippen LogP contribution in [0.25, 0.3) is 5.76 Å². The Morgan fingerprint density at radius 2 is 1.61 bits per heavy atom. The van der Waals surface area contributed by atoms with Gasteiger partial charge in [-0.2, -0.15) is 0 Å². The molecule has 6 nitrogen and oxygen atoms in total. The van der Waals surface area contributed by atoms with Crippen LogP contribution in [0, 0.1) is 0 Å². The number of hydrogen-bond acceptors (Lipinski definition) is 5. The minimum absolute atomic E-state index is 0.0414. The number of benzene rings is 4. The maximum atomic E-state index is 13.4. The highest BCUT2D eigenvalue weighted by Gasteiger charge is 2.47. The van der Waals surface area contributed by atoms with E-state index in [1.54, 1.807) is 54.6 Å². The van der Waals surface area contributed by atoms with Crippen LogP contribution in [0.1, 0.15) is 22.7 Å². The lowest BCUT2D eigenvalue weighted by Gasteiger charge is -2.25. The molecule has 38 heavy (non-hydrogen) atoms. The average molecular weight is 526 g/mol. The van der Waals surface area contributed by atoms with E-state index in [1.807, 2.05) is 42.5 Å². The number of aliphatic hydroxyl groups is 1. The van der Waals surface area contributed by atoms with Crippen molar-refractivity contribution in [2.45, 2.75) is 12.6 Å². The number of aliphatic hydroxyl groups excluding tert-OH is 1. The molecule has 1 amide bonds. The number of para-hydroxylation sites is 1. The molecule has 1 aliphatic rings. The molecule has 0 aromatic heterocycles. The van der Waals surface area contributed by atoms with Gasteiger partial charge in [-0.25, -0.2) is 0 Å². The van der Waals surface area contributed by atoms with Gasteiger partial charge in [0.05, 0.1) is 23.7 Å². The van der Waals surface area contributed by atoms with Crippen LogP contribution < -0.4 is 14.4 Å². The van der Waals surface area contributed by atoms with Crippen molar-refractivity contribution >= 4 is 34.7 Å². The third-order valence-corrected chi connectivity index (χ3v) is 6.62. The fourth-order valence-corrected chi connectivity index (χ4v) is 4.75. The van der Waals surface area contributed by atoms with E-state index in [-0.39, 0.29) is 16.4 Å². The Labute approximate surface area is 225 Å². The van der Waals surface area contributed by atoms with Gasteiger partial charge in [0.25, 0.3) is 11.7 Å². The number of carbonyl (C=O) groups excluding carboxylic acids is 2.